The lowest BCUT2D eigenvalue weighted by atomic mass is 10.0. The largest absolute Gasteiger partial charge is 0.497 e. The summed E-state index contributed by atoms with van der Waals surface area (Å²) in [6.45, 7) is 2.54. The maximum atomic E-state index is 13.6. The molecule has 2 aromatic carbocycles. The van der Waals surface area contributed by atoms with E-state index in [0.717, 1.165) is 36.8 Å². The van der Waals surface area contributed by atoms with E-state index in [0.29, 0.717) is 18.0 Å². The van der Waals surface area contributed by atoms with E-state index in [1.165, 1.54) is 14.2 Å². The van der Waals surface area contributed by atoms with E-state index in [1.807, 2.05) is 31.2 Å². The Balaban J connectivity index is 2.08. The third-order valence-electron chi connectivity index (χ3n) is 5.12. The molecule has 0 spiro atoms. The molecule has 1 fully saturated rings. The molecule has 5 nitrogen and oxygen atoms in total. The number of hydrogen-bond acceptors (Lipinski definition) is 4. The van der Waals surface area contributed by atoms with E-state index in [9.17, 15) is 8.42 Å². The van der Waals surface area contributed by atoms with Gasteiger partial charge in [0.2, 0.25) is 10.0 Å². The number of ether oxygens (including phenoxy) is 2. The van der Waals surface area contributed by atoms with Crippen molar-refractivity contribution < 1.29 is 17.9 Å². The summed E-state index contributed by atoms with van der Waals surface area (Å²) >= 11 is 0. The van der Waals surface area contributed by atoms with Crippen LogP contribution in [0, 0.1) is 6.92 Å². The van der Waals surface area contributed by atoms with Crippen LogP contribution in [0.3, 0.4) is 0 Å². The molecule has 0 bridgehead atoms. The molecule has 6 heteroatoms. The fourth-order valence-electron chi connectivity index (χ4n) is 3.60. The highest BCUT2D eigenvalue weighted by Gasteiger charge is 2.35. The van der Waals surface area contributed by atoms with Crippen LogP contribution in [0.5, 0.6) is 11.5 Å². The first-order chi connectivity index (χ1) is 13.0. The molecule has 1 saturated heterocycles. The summed E-state index contributed by atoms with van der Waals surface area (Å²) in [4.78, 5) is 0.156. The monoisotopic (exact) mass is 389 g/mol. The molecule has 3 rings (SSSR count). The average molecular weight is 390 g/mol. The Bertz CT molecular complexity index is 878. The fraction of sp³-hybridized carbons (Fsp3) is 0.429. The molecule has 1 aliphatic heterocycles. The maximum Gasteiger partial charge on any atom is 0.247 e. The number of hydrogen-bond donors (Lipinski definition) is 0. The van der Waals surface area contributed by atoms with Gasteiger partial charge in [-0.15, -0.1) is 0 Å². The summed E-state index contributed by atoms with van der Waals surface area (Å²) in [6.07, 6.45) is 3.71. The van der Waals surface area contributed by atoms with Gasteiger partial charge in [0.25, 0.3) is 0 Å². The van der Waals surface area contributed by atoms with Crippen molar-refractivity contribution in [1.29, 1.82) is 0 Å². The number of benzene rings is 2. The minimum atomic E-state index is -3.74. The van der Waals surface area contributed by atoms with Gasteiger partial charge in [0.1, 0.15) is 16.4 Å². The highest BCUT2D eigenvalue weighted by molar-refractivity contribution is 7.89. The number of sulfonamides is 1. The first-order valence-corrected chi connectivity index (χ1v) is 10.7. The molecule has 27 heavy (non-hydrogen) atoms. The van der Waals surface area contributed by atoms with Crippen LogP contribution in [0.1, 0.15) is 42.9 Å². The Morgan fingerprint density at radius 1 is 0.963 bits per heavy atom. The molecule has 0 unspecified atom stereocenters. The molecular weight excluding hydrogens is 362 g/mol. The van der Waals surface area contributed by atoms with Gasteiger partial charge in [0, 0.05) is 12.6 Å². The van der Waals surface area contributed by atoms with Gasteiger partial charge in [-0.3, -0.25) is 0 Å². The zero-order valence-corrected chi connectivity index (χ0v) is 17.0. The van der Waals surface area contributed by atoms with Crippen molar-refractivity contribution in [2.45, 2.75) is 43.5 Å². The second kappa shape index (κ2) is 8.31. The van der Waals surface area contributed by atoms with Crippen LogP contribution in [0.2, 0.25) is 0 Å². The molecule has 0 aromatic heterocycles. The first-order valence-electron chi connectivity index (χ1n) is 9.28. The predicted molar refractivity (Wildman–Crippen MR) is 106 cm³/mol. The van der Waals surface area contributed by atoms with Crippen LogP contribution >= 0.6 is 0 Å². The Labute approximate surface area is 162 Å². The van der Waals surface area contributed by atoms with Gasteiger partial charge in [-0.2, -0.15) is 4.31 Å². The van der Waals surface area contributed by atoms with Crippen molar-refractivity contribution >= 4 is 10.0 Å². The van der Waals surface area contributed by atoms with E-state index < -0.39 is 10.0 Å². The Kier molecular flexibility index (Phi) is 6.07. The van der Waals surface area contributed by atoms with Crippen LogP contribution in [0.15, 0.2) is 47.4 Å². The van der Waals surface area contributed by atoms with Crippen molar-refractivity contribution in [2.24, 2.45) is 0 Å². The van der Waals surface area contributed by atoms with Crippen molar-refractivity contribution in [3.63, 3.8) is 0 Å². The van der Waals surface area contributed by atoms with Crippen LogP contribution in [-0.2, 0) is 10.0 Å². The molecule has 0 amide bonds. The predicted octanol–water partition coefficient (Wildman–Crippen LogP) is 4.32. The van der Waals surface area contributed by atoms with Crippen LogP contribution in [0.25, 0.3) is 0 Å². The zero-order chi connectivity index (χ0) is 19.4. The topological polar surface area (TPSA) is 55.8 Å². The quantitative estimate of drug-likeness (QED) is 0.764. The second-order valence-corrected chi connectivity index (χ2v) is 8.77. The molecule has 1 aliphatic rings. The highest BCUT2D eigenvalue weighted by atomic mass is 32.2. The third kappa shape index (κ3) is 4.12. The van der Waals surface area contributed by atoms with E-state index in [4.69, 9.17) is 9.47 Å². The minimum Gasteiger partial charge on any atom is -0.497 e. The Morgan fingerprint density at radius 2 is 1.70 bits per heavy atom. The number of methoxy groups -OCH3 is 2. The summed E-state index contributed by atoms with van der Waals surface area (Å²) in [5, 5.41) is 0. The lowest BCUT2D eigenvalue weighted by molar-refractivity contribution is 0.325. The van der Waals surface area contributed by atoms with Gasteiger partial charge in [0.15, 0.2) is 0 Å². The summed E-state index contributed by atoms with van der Waals surface area (Å²) in [7, 11) is -0.726. The minimum absolute atomic E-state index is 0.156. The van der Waals surface area contributed by atoms with Gasteiger partial charge in [-0.05, 0) is 37.5 Å². The van der Waals surface area contributed by atoms with Crippen molar-refractivity contribution in [3.05, 3.63) is 53.6 Å². The lowest BCUT2D eigenvalue weighted by Crippen LogP contribution is -2.35. The smallest absolute Gasteiger partial charge is 0.247 e. The van der Waals surface area contributed by atoms with Crippen molar-refractivity contribution in [3.8, 4) is 11.5 Å². The molecule has 0 aliphatic carbocycles. The standard InChI is InChI=1S/C21H27NO4S/c1-16-8-10-17(11-9-16)19-7-5-4-6-14-22(19)27(23,24)21-15-18(25-2)12-13-20(21)26-3/h8-13,15,19H,4-7,14H2,1-3H3/t19-/m1/s1. The molecule has 2 aromatic rings. The molecule has 0 N–H and O–H groups in total. The van der Waals surface area contributed by atoms with E-state index in [1.54, 1.807) is 22.5 Å². The van der Waals surface area contributed by atoms with E-state index >= 15 is 0 Å². The number of aryl methyl sites for hydroxylation is 1. The summed E-state index contributed by atoms with van der Waals surface area (Å²) in [6, 6.07) is 12.9. The van der Waals surface area contributed by atoms with E-state index in [2.05, 4.69) is 0 Å². The van der Waals surface area contributed by atoms with Gasteiger partial charge < -0.3 is 9.47 Å². The maximum absolute atomic E-state index is 13.6. The average Bonchev–Trinajstić information content (AvgIpc) is 2.94. The Morgan fingerprint density at radius 3 is 2.37 bits per heavy atom. The SMILES string of the molecule is COc1ccc(OC)c(S(=O)(=O)N2CCCCC[C@@H]2c2ccc(C)cc2)c1. The van der Waals surface area contributed by atoms with Gasteiger partial charge in [-0.25, -0.2) is 8.42 Å². The highest BCUT2D eigenvalue weighted by Crippen LogP contribution is 2.38. The zero-order valence-electron chi connectivity index (χ0n) is 16.1. The van der Waals surface area contributed by atoms with E-state index in [-0.39, 0.29) is 10.9 Å². The summed E-state index contributed by atoms with van der Waals surface area (Å²) < 4.78 is 39.5. The van der Waals surface area contributed by atoms with Crippen molar-refractivity contribution in [2.75, 3.05) is 20.8 Å². The molecule has 146 valence electrons. The molecular formula is C21H27NO4S. The Hall–Kier alpha value is -2.05. The molecule has 1 heterocycles. The van der Waals surface area contributed by atoms with Crippen LogP contribution in [-0.4, -0.2) is 33.5 Å². The number of rotatable bonds is 5. The van der Waals surface area contributed by atoms with Crippen LogP contribution < -0.4 is 9.47 Å². The number of nitrogens with zero attached hydrogens (tertiary/aromatic N) is 1. The summed E-state index contributed by atoms with van der Waals surface area (Å²) in [5.41, 5.74) is 2.20. The third-order valence-corrected chi connectivity index (χ3v) is 7.05. The second-order valence-electron chi connectivity index (χ2n) is 6.91. The van der Waals surface area contributed by atoms with Gasteiger partial charge >= 0.3 is 0 Å². The van der Waals surface area contributed by atoms with Crippen LogP contribution in [0.4, 0.5) is 0 Å². The lowest BCUT2D eigenvalue weighted by Gasteiger charge is -2.30. The first kappa shape index (κ1) is 19.7. The molecule has 0 saturated carbocycles. The van der Waals surface area contributed by atoms with Gasteiger partial charge in [0.05, 0.1) is 20.3 Å². The molecule has 1 atom stereocenters. The normalized spacial score (nSPS) is 18.7. The fourth-order valence-corrected chi connectivity index (χ4v) is 5.46. The summed E-state index contributed by atoms with van der Waals surface area (Å²) in [5.74, 6) is 0.832. The van der Waals surface area contributed by atoms with Crippen molar-refractivity contribution in [1.82, 2.24) is 4.31 Å². The van der Waals surface area contributed by atoms with Gasteiger partial charge in [-0.1, -0.05) is 42.7 Å². The molecule has 0 radical (unpaired) electrons.